The summed E-state index contributed by atoms with van der Waals surface area (Å²) in [5, 5.41) is 4.05. The summed E-state index contributed by atoms with van der Waals surface area (Å²) >= 11 is 3.22. The second kappa shape index (κ2) is 7.45. The van der Waals surface area contributed by atoms with Crippen LogP contribution in [-0.2, 0) is 16.1 Å². The van der Waals surface area contributed by atoms with Gasteiger partial charge in [-0.3, -0.25) is 14.3 Å². The van der Waals surface area contributed by atoms with E-state index in [-0.39, 0.29) is 18.4 Å². The minimum Gasteiger partial charge on any atom is -0.452 e. The number of rotatable bonds is 6. The molecule has 2 rings (SSSR count). The largest absolute Gasteiger partial charge is 0.452 e. The number of nitrogens with zero attached hydrogens (tertiary/aromatic N) is 4. The molecule has 0 saturated heterocycles. The van der Waals surface area contributed by atoms with Gasteiger partial charge in [-0.2, -0.15) is 5.10 Å². The van der Waals surface area contributed by atoms with E-state index in [4.69, 9.17) is 4.42 Å². The van der Waals surface area contributed by atoms with Crippen molar-refractivity contribution in [1.82, 2.24) is 19.6 Å². The Bertz CT molecular complexity index is 668. The van der Waals surface area contributed by atoms with Crippen LogP contribution in [0.4, 0.5) is 0 Å². The van der Waals surface area contributed by atoms with Crippen molar-refractivity contribution in [3.8, 4) is 0 Å². The second-order valence-corrected chi connectivity index (χ2v) is 6.09. The van der Waals surface area contributed by atoms with Crippen molar-refractivity contribution in [3.05, 3.63) is 41.0 Å². The highest BCUT2D eigenvalue weighted by Crippen LogP contribution is 2.15. The van der Waals surface area contributed by atoms with E-state index in [1.807, 2.05) is 0 Å². The van der Waals surface area contributed by atoms with Crippen LogP contribution < -0.4 is 0 Å². The van der Waals surface area contributed by atoms with E-state index >= 15 is 0 Å². The Morgan fingerprint density at radius 1 is 1.35 bits per heavy atom. The van der Waals surface area contributed by atoms with Crippen LogP contribution in [0.25, 0.3) is 0 Å². The summed E-state index contributed by atoms with van der Waals surface area (Å²) in [4.78, 5) is 27.5. The fourth-order valence-electron chi connectivity index (χ4n) is 2.10. The first-order valence-corrected chi connectivity index (χ1v) is 7.90. The minimum absolute atomic E-state index is 0.00280. The molecule has 0 aromatic carbocycles. The average Bonchev–Trinajstić information content (AvgIpc) is 3.17. The summed E-state index contributed by atoms with van der Waals surface area (Å²) < 4.78 is 7.56. The van der Waals surface area contributed by atoms with Gasteiger partial charge in [-0.1, -0.05) is 0 Å². The Morgan fingerprint density at radius 3 is 2.65 bits per heavy atom. The molecular formula is C15H19BrN4O3. The molecule has 8 heteroatoms. The molecule has 2 aromatic rings. The lowest BCUT2D eigenvalue weighted by atomic mass is 10.3. The van der Waals surface area contributed by atoms with Crippen LogP contribution in [0, 0.1) is 0 Å². The van der Waals surface area contributed by atoms with Crippen molar-refractivity contribution >= 4 is 27.7 Å². The molecule has 2 aromatic heterocycles. The molecule has 0 fully saturated rings. The summed E-state index contributed by atoms with van der Waals surface area (Å²) in [5.74, 6) is 0.337. The zero-order chi connectivity index (χ0) is 17.0. The van der Waals surface area contributed by atoms with Gasteiger partial charge in [0.15, 0.2) is 4.67 Å². The molecule has 124 valence electrons. The normalized spacial score (nSPS) is 12.0. The van der Waals surface area contributed by atoms with Gasteiger partial charge in [0, 0.05) is 26.5 Å². The lowest BCUT2D eigenvalue weighted by Crippen LogP contribution is -2.41. The van der Waals surface area contributed by atoms with Gasteiger partial charge in [0.05, 0.1) is 13.1 Å². The number of carbonyl (C=O) groups is 2. The lowest BCUT2D eigenvalue weighted by molar-refractivity contribution is -0.140. The first-order chi connectivity index (χ1) is 10.9. The molecule has 2 amide bonds. The number of hydrogen-bond acceptors (Lipinski definition) is 4. The maximum absolute atomic E-state index is 12.3. The first kappa shape index (κ1) is 17.3. The summed E-state index contributed by atoms with van der Waals surface area (Å²) in [6, 6.07) is 4.87. The average molecular weight is 383 g/mol. The molecule has 0 saturated carbocycles. The fraction of sp³-hybridized carbons (Fsp3) is 0.400. The third kappa shape index (κ3) is 4.44. The molecule has 0 N–H and O–H groups in total. The quantitative estimate of drug-likeness (QED) is 0.764. The van der Waals surface area contributed by atoms with Gasteiger partial charge in [-0.05, 0) is 41.1 Å². The zero-order valence-electron chi connectivity index (χ0n) is 13.3. The molecular weight excluding hydrogens is 364 g/mol. The second-order valence-electron chi connectivity index (χ2n) is 5.31. The zero-order valence-corrected chi connectivity index (χ0v) is 14.9. The third-order valence-corrected chi connectivity index (χ3v) is 3.90. The number of halogens is 1. The van der Waals surface area contributed by atoms with Gasteiger partial charge < -0.3 is 14.2 Å². The molecule has 0 aliphatic rings. The highest BCUT2D eigenvalue weighted by Gasteiger charge is 2.22. The molecule has 0 bridgehead atoms. The van der Waals surface area contributed by atoms with E-state index in [1.54, 1.807) is 56.3 Å². The van der Waals surface area contributed by atoms with Gasteiger partial charge in [0.25, 0.3) is 0 Å². The number of aromatic nitrogens is 2. The molecule has 0 aliphatic heterocycles. The monoisotopic (exact) mass is 382 g/mol. The molecule has 23 heavy (non-hydrogen) atoms. The molecule has 1 unspecified atom stereocenters. The molecule has 7 nitrogen and oxygen atoms in total. The van der Waals surface area contributed by atoms with E-state index in [0.29, 0.717) is 17.0 Å². The van der Waals surface area contributed by atoms with Crippen LogP contribution in [0.2, 0.25) is 0 Å². The van der Waals surface area contributed by atoms with E-state index in [9.17, 15) is 9.59 Å². The Hall–Kier alpha value is -2.09. The molecule has 1 atom stereocenters. The van der Waals surface area contributed by atoms with Crippen molar-refractivity contribution in [1.29, 1.82) is 0 Å². The predicted molar refractivity (Wildman–Crippen MR) is 87.5 cm³/mol. The number of hydrogen-bond donors (Lipinski definition) is 0. The van der Waals surface area contributed by atoms with E-state index < -0.39 is 6.04 Å². The maximum Gasteiger partial charge on any atom is 0.247 e. The van der Waals surface area contributed by atoms with Crippen LogP contribution in [0.15, 0.2) is 39.7 Å². The fourth-order valence-corrected chi connectivity index (χ4v) is 2.44. The van der Waals surface area contributed by atoms with E-state index in [0.717, 1.165) is 0 Å². The van der Waals surface area contributed by atoms with Gasteiger partial charge in [0.1, 0.15) is 11.8 Å². The predicted octanol–water partition coefficient (Wildman–Crippen LogP) is 1.92. The van der Waals surface area contributed by atoms with Crippen LogP contribution in [0.1, 0.15) is 18.7 Å². The van der Waals surface area contributed by atoms with Crippen LogP contribution >= 0.6 is 15.9 Å². The third-order valence-electron chi connectivity index (χ3n) is 3.48. The summed E-state index contributed by atoms with van der Waals surface area (Å²) in [6.45, 7) is 2.10. The van der Waals surface area contributed by atoms with Crippen LogP contribution in [0.5, 0.6) is 0 Å². The lowest BCUT2D eigenvalue weighted by Gasteiger charge is -2.24. The number of carbonyl (C=O) groups excluding carboxylic acids is 2. The highest BCUT2D eigenvalue weighted by atomic mass is 79.9. The Kier molecular flexibility index (Phi) is 5.59. The minimum atomic E-state index is -0.450. The number of amides is 2. The highest BCUT2D eigenvalue weighted by molar-refractivity contribution is 9.10. The Labute approximate surface area is 143 Å². The Balaban J connectivity index is 1.89. The van der Waals surface area contributed by atoms with Gasteiger partial charge in [-0.25, -0.2) is 0 Å². The smallest absolute Gasteiger partial charge is 0.247 e. The van der Waals surface area contributed by atoms with Crippen molar-refractivity contribution in [3.63, 3.8) is 0 Å². The first-order valence-electron chi connectivity index (χ1n) is 7.10. The van der Waals surface area contributed by atoms with Gasteiger partial charge in [-0.15, -0.1) is 0 Å². The Morgan fingerprint density at radius 2 is 2.09 bits per heavy atom. The summed E-state index contributed by atoms with van der Waals surface area (Å²) in [6.07, 6.45) is 3.34. The molecule has 0 spiro atoms. The van der Waals surface area contributed by atoms with Crippen molar-refractivity contribution < 1.29 is 14.0 Å². The van der Waals surface area contributed by atoms with Gasteiger partial charge in [0.2, 0.25) is 11.8 Å². The maximum atomic E-state index is 12.3. The van der Waals surface area contributed by atoms with E-state index in [2.05, 4.69) is 21.0 Å². The molecule has 0 aliphatic carbocycles. The summed E-state index contributed by atoms with van der Waals surface area (Å²) in [7, 11) is 3.28. The number of likely N-dealkylation sites (N-methyl/N-ethyl adjacent to an activating group) is 2. The SMILES string of the molecule is CC(C(=O)N(C)CC(=O)N(C)Cc1ccc(Br)o1)n1cccn1. The summed E-state index contributed by atoms with van der Waals surface area (Å²) in [5.41, 5.74) is 0. The van der Waals surface area contributed by atoms with Crippen LogP contribution in [-0.4, -0.2) is 52.0 Å². The molecule has 2 heterocycles. The topological polar surface area (TPSA) is 71.6 Å². The van der Waals surface area contributed by atoms with Crippen LogP contribution in [0.3, 0.4) is 0 Å². The standard InChI is InChI=1S/C15H19BrN4O3/c1-11(20-8-4-7-17-20)15(22)19(3)10-14(21)18(2)9-12-5-6-13(16)23-12/h4-8,11H,9-10H2,1-3H3. The van der Waals surface area contributed by atoms with Crippen molar-refractivity contribution in [2.45, 2.75) is 19.5 Å². The number of furan rings is 1. The van der Waals surface area contributed by atoms with Gasteiger partial charge >= 0.3 is 0 Å². The van der Waals surface area contributed by atoms with E-state index in [1.165, 1.54) is 9.80 Å². The van der Waals surface area contributed by atoms with Crippen molar-refractivity contribution in [2.75, 3.05) is 20.6 Å². The van der Waals surface area contributed by atoms with Crippen molar-refractivity contribution in [2.24, 2.45) is 0 Å². The molecule has 0 radical (unpaired) electrons.